The molecule has 0 radical (unpaired) electrons. The van der Waals surface area contributed by atoms with Crippen LogP contribution in [-0.4, -0.2) is 24.9 Å². The van der Waals surface area contributed by atoms with Gasteiger partial charge in [0.15, 0.2) is 0 Å². The number of carbonyl (C=O) groups excluding carboxylic acids is 1. The van der Waals surface area contributed by atoms with Crippen molar-refractivity contribution in [3.63, 3.8) is 0 Å². The molecule has 1 amide bonds. The summed E-state index contributed by atoms with van der Waals surface area (Å²) in [6, 6.07) is 0. The van der Waals surface area contributed by atoms with Crippen LogP contribution in [0.5, 0.6) is 0 Å². The molecule has 0 aliphatic rings. The molecule has 2 heteroatoms. The molecule has 0 aliphatic carbocycles. The van der Waals surface area contributed by atoms with Crippen LogP contribution >= 0.6 is 0 Å². The molecule has 0 aromatic heterocycles. The summed E-state index contributed by atoms with van der Waals surface area (Å²) < 4.78 is 0. The molecule has 0 fully saturated rings. The number of carbonyl (C=O) groups is 1. The Morgan fingerprint density at radius 1 is 1.64 bits per heavy atom. The van der Waals surface area contributed by atoms with Crippen LogP contribution in [0.15, 0.2) is 12.7 Å². The van der Waals surface area contributed by atoms with Crippen LogP contribution in [0.1, 0.15) is 19.8 Å². The van der Waals surface area contributed by atoms with Crippen LogP contribution in [-0.2, 0) is 4.79 Å². The number of rotatable bonds is 4. The van der Waals surface area contributed by atoms with E-state index in [-0.39, 0.29) is 5.91 Å². The third-order valence-corrected chi connectivity index (χ3v) is 1.71. The second-order valence-electron chi connectivity index (χ2n) is 3.04. The molecule has 1 unspecified atom stereocenters. The predicted molar refractivity (Wildman–Crippen MR) is 47.3 cm³/mol. The van der Waals surface area contributed by atoms with Gasteiger partial charge < -0.3 is 4.90 Å². The quantitative estimate of drug-likeness (QED) is 0.566. The van der Waals surface area contributed by atoms with Crippen molar-refractivity contribution >= 4 is 5.91 Å². The Labute approximate surface area is 68.9 Å². The lowest BCUT2D eigenvalue weighted by atomic mass is 10.1. The van der Waals surface area contributed by atoms with Crippen LogP contribution in [0.2, 0.25) is 0 Å². The topological polar surface area (TPSA) is 20.3 Å². The molecule has 0 bridgehead atoms. The smallest absolute Gasteiger partial charge is 0.222 e. The Bertz CT molecular complexity index is 140. The summed E-state index contributed by atoms with van der Waals surface area (Å²) >= 11 is 0. The molecule has 0 rings (SSSR count). The van der Waals surface area contributed by atoms with Crippen molar-refractivity contribution in [2.75, 3.05) is 14.1 Å². The van der Waals surface area contributed by atoms with Gasteiger partial charge in [0.05, 0.1) is 0 Å². The highest BCUT2D eigenvalue weighted by atomic mass is 16.2. The molecule has 0 aromatic rings. The highest BCUT2D eigenvalue weighted by Crippen LogP contribution is 2.06. The van der Waals surface area contributed by atoms with Gasteiger partial charge in [-0.15, -0.1) is 6.58 Å². The average Bonchev–Trinajstić information content (AvgIpc) is 1.99. The van der Waals surface area contributed by atoms with E-state index in [1.54, 1.807) is 19.0 Å². The maximum Gasteiger partial charge on any atom is 0.222 e. The third kappa shape index (κ3) is 4.59. The van der Waals surface area contributed by atoms with E-state index >= 15 is 0 Å². The largest absolute Gasteiger partial charge is 0.349 e. The minimum absolute atomic E-state index is 0.193. The molecule has 0 saturated heterocycles. The van der Waals surface area contributed by atoms with E-state index in [4.69, 9.17) is 0 Å². The second kappa shape index (κ2) is 4.94. The van der Waals surface area contributed by atoms with Gasteiger partial charge in [-0.1, -0.05) is 13.0 Å². The summed E-state index contributed by atoms with van der Waals surface area (Å²) in [5.41, 5.74) is 0. The fourth-order valence-electron chi connectivity index (χ4n) is 0.693. The minimum atomic E-state index is 0.193. The van der Waals surface area contributed by atoms with E-state index < -0.39 is 0 Å². The summed E-state index contributed by atoms with van der Waals surface area (Å²) in [6.45, 7) is 5.72. The summed E-state index contributed by atoms with van der Waals surface area (Å²) in [4.78, 5) is 12.7. The molecule has 0 spiro atoms. The summed E-state index contributed by atoms with van der Waals surface area (Å²) in [5, 5.41) is 0. The first-order valence-electron chi connectivity index (χ1n) is 3.90. The number of allylic oxidation sites excluding steroid dienone is 1. The Morgan fingerprint density at radius 3 is 2.55 bits per heavy atom. The van der Waals surface area contributed by atoms with Gasteiger partial charge in [-0.3, -0.25) is 4.79 Å². The molecular weight excluding hydrogens is 138 g/mol. The Balaban J connectivity index is 3.54. The van der Waals surface area contributed by atoms with Gasteiger partial charge in [0.1, 0.15) is 0 Å². The molecule has 0 aliphatic heterocycles. The highest BCUT2D eigenvalue weighted by Gasteiger charge is 2.04. The molecule has 2 nitrogen and oxygen atoms in total. The number of hydrogen-bond acceptors (Lipinski definition) is 1. The first-order valence-corrected chi connectivity index (χ1v) is 3.90. The van der Waals surface area contributed by atoms with Crippen LogP contribution in [0.25, 0.3) is 0 Å². The standard InChI is InChI=1S/C9H17NO/c1-5-8(2)6-7-9(11)10(3)4/h5,8H,1,6-7H2,2-4H3. The number of hydrogen-bond donors (Lipinski definition) is 0. The lowest BCUT2D eigenvalue weighted by Gasteiger charge is -2.10. The summed E-state index contributed by atoms with van der Waals surface area (Å²) in [5.74, 6) is 0.637. The van der Waals surface area contributed by atoms with Crippen LogP contribution < -0.4 is 0 Å². The maximum absolute atomic E-state index is 11.1. The molecule has 64 valence electrons. The predicted octanol–water partition coefficient (Wildman–Crippen LogP) is 1.68. The molecule has 0 N–H and O–H groups in total. The lowest BCUT2D eigenvalue weighted by Crippen LogP contribution is -2.21. The fraction of sp³-hybridized carbons (Fsp3) is 0.667. The number of amides is 1. The van der Waals surface area contributed by atoms with Gasteiger partial charge in [-0.05, 0) is 12.3 Å². The van der Waals surface area contributed by atoms with Gasteiger partial charge in [0, 0.05) is 20.5 Å². The van der Waals surface area contributed by atoms with Crippen molar-refractivity contribution in [3.05, 3.63) is 12.7 Å². The van der Waals surface area contributed by atoms with Gasteiger partial charge in [-0.25, -0.2) is 0 Å². The van der Waals surface area contributed by atoms with E-state index in [9.17, 15) is 4.79 Å². The van der Waals surface area contributed by atoms with Crippen LogP contribution in [0, 0.1) is 5.92 Å². The molecule has 0 heterocycles. The van der Waals surface area contributed by atoms with E-state index in [0.29, 0.717) is 12.3 Å². The fourth-order valence-corrected chi connectivity index (χ4v) is 0.693. The van der Waals surface area contributed by atoms with Crippen LogP contribution in [0.4, 0.5) is 0 Å². The van der Waals surface area contributed by atoms with Crippen LogP contribution in [0.3, 0.4) is 0 Å². The first kappa shape index (κ1) is 10.2. The molecule has 0 saturated carbocycles. The van der Waals surface area contributed by atoms with E-state index in [2.05, 4.69) is 13.5 Å². The lowest BCUT2D eigenvalue weighted by molar-refractivity contribution is -0.128. The van der Waals surface area contributed by atoms with Crippen molar-refractivity contribution in [2.45, 2.75) is 19.8 Å². The van der Waals surface area contributed by atoms with E-state index in [1.165, 1.54) is 0 Å². The second-order valence-corrected chi connectivity index (χ2v) is 3.04. The molecular formula is C9H17NO. The molecule has 11 heavy (non-hydrogen) atoms. The van der Waals surface area contributed by atoms with E-state index in [1.807, 2.05) is 6.08 Å². The van der Waals surface area contributed by atoms with Crippen molar-refractivity contribution < 1.29 is 4.79 Å². The average molecular weight is 155 g/mol. The van der Waals surface area contributed by atoms with Gasteiger partial charge >= 0.3 is 0 Å². The molecule has 0 aromatic carbocycles. The Hall–Kier alpha value is -0.790. The van der Waals surface area contributed by atoms with Gasteiger partial charge in [0.25, 0.3) is 0 Å². The normalized spacial score (nSPS) is 12.3. The minimum Gasteiger partial charge on any atom is -0.349 e. The summed E-state index contributed by atoms with van der Waals surface area (Å²) in [6.07, 6.45) is 3.41. The zero-order chi connectivity index (χ0) is 8.85. The Morgan fingerprint density at radius 2 is 2.18 bits per heavy atom. The van der Waals surface area contributed by atoms with Gasteiger partial charge in [0.2, 0.25) is 5.91 Å². The van der Waals surface area contributed by atoms with Crippen molar-refractivity contribution in [3.8, 4) is 0 Å². The monoisotopic (exact) mass is 155 g/mol. The van der Waals surface area contributed by atoms with Crippen molar-refractivity contribution in [1.82, 2.24) is 4.90 Å². The zero-order valence-corrected chi connectivity index (χ0v) is 7.63. The molecule has 1 atom stereocenters. The van der Waals surface area contributed by atoms with Crippen molar-refractivity contribution in [2.24, 2.45) is 5.92 Å². The SMILES string of the molecule is C=CC(C)CCC(=O)N(C)C. The maximum atomic E-state index is 11.1. The Kier molecular flexibility index (Phi) is 4.59. The number of nitrogens with zero attached hydrogens (tertiary/aromatic N) is 1. The third-order valence-electron chi connectivity index (χ3n) is 1.71. The summed E-state index contributed by atoms with van der Waals surface area (Å²) in [7, 11) is 3.56. The van der Waals surface area contributed by atoms with Gasteiger partial charge in [-0.2, -0.15) is 0 Å². The highest BCUT2D eigenvalue weighted by molar-refractivity contribution is 5.75. The zero-order valence-electron chi connectivity index (χ0n) is 7.63. The van der Waals surface area contributed by atoms with Crippen molar-refractivity contribution in [1.29, 1.82) is 0 Å². The first-order chi connectivity index (χ1) is 5.07. The van der Waals surface area contributed by atoms with E-state index in [0.717, 1.165) is 6.42 Å².